The first kappa shape index (κ1) is 14.5. The first-order valence-electron chi connectivity index (χ1n) is 7.79. The fraction of sp³-hybridized carbons (Fsp3) is 0.588. The monoisotopic (exact) mass is 289 g/mol. The molecule has 1 aromatic rings. The van der Waals surface area contributed by atoms with Crippen molar-refractivity contribution in [2.45, 2.75) is 38.3 Å². The van der Waals surface area contributed by atoms with Crippen molar-refractivity contribution in [2.75, 3.05) is 26.4 Å². The van der Waals surface area contributed by atoms with Crippen molar-refractivity contribution >= 4 is 5.91 Å². The summed E-state index contributed by atoms with van der Waals surface area (Å²) in [5.41, 5.74) is 2.57. The third kappa shape index (κ3) is 3.44. The molecule has 2 atom stereocenters. The zero-order chi connectivity index (χ0) is 14.7. The summed E-state index contributed by atoms with van der Waals surface area (Å²) in [6.45, 7) is 4.45. The van der Waals surface area contributed by atoms with E-state index in [2.05, 4.69) is 31.2 Å². The van der Waals surface area contributed by atoms with Gasteiger partial charge in [-0.1, -0.05) is 29.8 Å². The average Bonchev–Trinajstić information content (AvgIpc) is 2.98. The largest absolute Gasteiger partial charge is 0.376 e. The van der Waals surface area contributed by atoms with E-state index in [4.69, 9.17) is 9.47 Å². The lowest BCUT2D eigenvalue weighted by Crippen LogP contribution is -2.47. The van der Waals surface area contributed by atoms with Crippen LogP contribution in [0.1, 0.15) is 24.0 Å². The van der Waals surface area contributed by atoms with Crippen molar-refractivity contribution in [1.29, 1.82) is 0 Å². The standard InChI is InChI=1S/C17H23NO3/c1-13-4-6-14(7-5-13)11-15-3-2-8-18(15)17(19)16-12-20-9-10-21-16/h4-7,15-16H,2-3,8-12H2,1H3. The third-order valence-electron chi connectivity index (χ3n) is 4.34. The molecule has 2 saturated heterocycles. The van der Waals surface area contributed by atoms with E-state index in [0.717, 1.165) is 25.8 Å². The molecular formula is C17H23NO3. The van der Waals surface area contributed by atoms with Gasteiger partial charge in [0.2, 0.25) is 0 Å². The van der Waals surface area contributed by atoms with E-state index in [-0.39, 0.29) is 5.91 Å². The molecule has 2 unspecified atom stereocenters. The lowest BCUT2D eigenvalue weighted by atomic mass is 10.0. The van der Waals surface area contributed by atoms with Crippen LogP contribution in [0.5, 0.6) is 0 Å². The second kappa shape index (κ2) is 6.58. The Balaban J connectivity index is 1.64. The number of benzene rings is 1. The van der Waals surface area contributed by atoms with E-state index < -0.39 is 6.10 Å². The second-order valence-electron chi connectivity index (χ2n) is 5.95. The summed E-state index contributed by atoms with van der Waals surface area (Å²) in [7, 11) is 0. The molecular weight excluding hydrogens is 266 g/mol. The molecule has 0 aliphatic carbocycles. The highest BCUT2D eigenvalue weighted by Gasteiger charge is 2.34. The lowest BCUT2D eigenvalue weighted by Gasteiger charge is -2.30. The number of amides is 1. The van der Waals surface area contributed by atoms with E-state index in [9.17, 15) is 4.79 Å². The SMILES string of the molecule is Cc1ccc(CC2CCCN2C(=O)C2COCCO2)cc1. The molecule has 21 heavy (non-hydrogen) atoms. The smallest absolute Gasteiger partial charge is 0.254 e. The van der Waals surface area contributed by atoms with Gasteiger partial charge in [-0.2, -0.15) is 0 Å². The summed E-state index contributed by atoms with van der Waals surface area (Å²) in [5, 5.41) is 0. The summed E-state index contributed by atoms with van der Waals surface area (Å²) in [4.78, 5) is 14.6. The zero-order valence-electron chi connectivity index (χ0n) is 12.6. The molecule has 1 aromatic carbocycles. The van der Waals surface area contributed by atoms with E-state index in [1.807, 2.05) is 4.90 Å². The first-order valence-corrected chi connectivity index (χ1v) is 7.79. The van der Waals surface area contributed by atoms with E-state index in [0.29, 0.717) is 25.9 Å². The minimum Gasteiger partial charge on any atom is -0.376 e. The fourth-order valence-electron chi connectivity index (χ4n) is 3.15. The van der Waals surface area contributed by atoms with Gasteiger partial charge in [-0.25, -0.2) is 0 Å². The van der Waals surface area contributed by atoms with E-state index >= 15 is 0 Å². The highest BCUT2D eigenvalue weighted by Crippen LogP contribution is 2.23. The van der Waals surface area contributed by atoms with Crippen molar-refractivity contribution in [1.82, 2.24) is 4.90 Å². The van der Waals surface area contributed by atoms with Crippen LogP contribution < -0.4 is 0 Å². The van der Waals surface area contributed by atoms with Gasteiger partial charge in [0.1, 0.15) is 0 Å². The van der Waals surface area contributed by atoms with Crippen LogP contribution >= 0.6 is 0 Å². The van der Waals surface area contributed by atoms with E-state index in [1.165, 1.54) is 11.1 Å². The molecule has 0 N–H and O–H groups in total. The average molecular weight is 289 g/mol. The van der Waals surface area contributed by atoms with Crippen LogP contribution in [0.15, 0.2) is 24.3 Å². The van der Waals surface area contributed by atoms with Gasteiger partial charge in [-0.3, -0.25) is 4.79 Å². The highest BCUT2D eigenvalue weighted by atomic mass is 16.6. The molecule has 1 amide bonds. The number of hydrogen-bond acceptors (Lipinski definition) is 3. The van der Waals surface area contributed by atoms with Gasteiger partial charge in [0.15, 0.2) is 6.10 Å². The van der Waals surface area contributed by atoms with Crippen LogP contribution in [-0.4, -0.2) is 49.3 Å². The Hall–Kier alpha value is -1.39. The molecule has 2 aliphatic heterocycles. The Morgan fingerprint density at radius 3 is 2.81 bits per heavy atom. The number of carbonyl (C=O) groups excluding carboxylic acids is 1. The number of carbonyl (C=O) groups is 1. The number of likely N-dealkylation sites (tertiary alicyclic amines) is 1. The molecule has 0 aromatic heterocycles. The predicted molar refractivity (Wildman–Crippen MR) is 80.2 cm³/mol. The van der Waals surface area contributed by atoms with Crippen LogP contribution in [0.25, 0.3) is 0 Å². The van der Waals surface area contributed by atoms with Gasteiger partial charge < -0.3 is 14.4 Å². The van der Waals surface area contributed by atoms with Crippen LogP contribution in [0.4, 0.5) is 0 Å². The van der Waals surface area contributed by atoms with Crippen molar-refractivity contribution < 1.29 is 14.3 Å². The molecule has 2 heterocycles. The van der Waals surface area contributed by atoms with Crippen molar-refractivity contribution in [2.24, 2.45) is 0 Å². The second-order valence-corrected chi connectivity index (χ2v) is 5.95. The van der Waals surface area contributed by atoms with Gasteiger partial charge in [-0.05, 0) is 31.7 Å². The van der Waals surface area contributed by atoms with E-state index in [1.54, 1.807) is 0 Å². The summed E-state index contributed by atoms with van der Waals surface area (Å²) in [5.74, 6) is 0.101. The molecule has 0 bridgehead atoms. The normalized spacial score (nSPS) is 26.0. The molecule has 114 valence electrons. The molecule has 4 nitrogen and oxygen atoms in total. The maximum Gasteiger partial charge on any atom is 0.254 e. The molecule has 2 fully saturated rings. The molecule has 2 aliphatic rings. The third-order valence-corrected chi connectivity index (χ3v) is 4.34. The van der Waals surface area contributed by atoms with Crippen LogP contribution in [-0.2, 0) is 20.7 Å². The zero-order valence-corrected chi connectivity index (χ0v) is 12.6. The molecule has 0 saturated carbocycles. The Kier molecular flexibility index (Phi) is 4.56. The van der Waals surface area contributed by atoms with Gasteiger partial charge >= 0.3 is 0 Å². The molecule has 4 heteroatoms. The Bertz CT molecular complexity index is 479. The predicted octanol–water partition coefficient (Wildman–Crippen LogP) is 1.94. The van der Waals surface area contributed by atoms with Crippen molar-refractivity contribution in [3.8, 4) is 0 Å². The van der Waals surface area contributed by atoms with Gasteiger partial charge in [0.25, 0.3) is 5.91 Å². The number of nitrogens with zero attached hydrogens (tertiary/aromatic N) is 1. The minimum atomic E-state index is -0.405. The summed E-state index contributed by atoms with van der Waals surface area (Å²) < 4.78 is 10.9. The van der Waals surface area contributed by atoms with Gasteiger partial charge in [0.05, 0.1) is 19.8 Å². The first-order chi connectivity index (χ1) is 10.2. The maximum absolute atomic E-state index is 12.6. The highest BCUT2D eigenvalue weighted by molar-refractivity contribution is 5.81. The fourth-order valence-corrected chi connectivity index (χ4v) is 3.15. The summed E-state index contributed by atoms with van der Waals surface area (Å²) in [6, 6.07) is 8.89. The van der Waals surface area contributed by atoms with Crippen molar-refractivity contribution in [3.63, 3.8) is 0 Å². The summed E-state index contributed by atoms with van der Waals surface area (Å²) >= 11 is 0. The van der Waals surface area contributed by atoms with Gasteiger partial charge in [0, 0.05) is 12.6 Å². The number of ether oxygens (including phenoxy) is 2. The molecule has 3 rings (SSSR count). The van der Waals surface area contributed by atoms with Gasteiger partial charge in [-0.15, -0.1) is 0 Å². The Morgan fingerprint density at radius 1 is 1.29 bits per heavy atom. The molecule has 0 spiro atoms. The molecule has 0 radical (unpaired) electrons. The maximum atomic E-state index is 12.6. The lowest BCUT2D eigenvalue weighted by molar-refractivity contribution is -0.158. The minimum absolute atomic E-state index is 0.101. The Labute approximate surface area is 126 Å². The topological polar surface area (TPSA) is 38.8 Å². The number of aryl methyl sites for hydroxylation is 1. The van der Waals surface area contributed by atoms with Crippen molar-refractivity contribution in [3.05, 3.63) is 35.4 Å². The summed E-state index contributed by atoms with van der Waals surface area (Å²) in [6.07, 6.45) is 2.68. The number of hydrogen-bond donors (Lipinski definition) is 0. The quantitative estimate of drug-likeness (QED) is 0.853. The van der Waals surface area contributed by atoms with Crippen LogP contribution in [0.3, 0.4) is 0 Å². The van der Waals surface area contributed by atoms with Crippen LogP contribution in [0.2, 0.25) is 0 Å². The van der Waals surface area contributed by atoms with Crippen LogP contribution in [0, 0.1) is 6.92 Å². The number of rotatable bonds is 3. The Morgan fingerprint density at radius 2 is 2.10 bits per heavy atom.